The van der Waals surface area contributed by atoms with Crippen molar-refractivity contribution in [3.63, 3.8) is 0 Å². The zero-order chi connectivity index (χ0) is 6.50. The fourth-order valence-corrected chi connectivity index (χ4v) is 0. The standard InChI is InChI=1S/H4O4Si.H2SSi/c1-5(2,3)4;1-2/h1-4H;2H2. The minimum Gasteiger partial charge on any atom is -0.368 e. The lowest BCUT2D eigenvalue weighted by atomic mass is 15.7. The molecular formula is H6O4SSi2. The van der Waals surface area contributed by atoms with E-state index in [9.17, 15) is 0 Å². The normalized spacial score (nSPS) is 9.14. The van der Waals surface area contributed by atoms with Crippen molar-refractivity contribution in [2.45, 2.75) is 0 Å². The molecule has 0 radical (unpaired) electrons. The van der Waals surface area contributed by atoms with E-state index >= 15 is 0 Å². The average molecular weight is 158 g/mol. The van der Waals surface area contributed by atoms with Gasteiger partial charge in [-0.25, -0.2) is 0 Å². The minimum absolute atomic E-state index is 1.44. The SMILES string of the molecule is O[Si](O)(O)O.[SiH2]=S. The Balaban J connectivity index is 0. The van der Waals surface area contributed by atoms with Crippen LogP contribution in [0.2, 0.25) is 0 Å². The van der Waals surface area contributed by atoms with Crippen LogP contribution in [0.4, 0.5) is 0 Å². The van der Waals surface area contributed by atoms with Crippen LogP contribution < -0.4 is 0 Å². The molecule has 0 saturated carbocycles. The summed E-state index contributed by atoms with van der Waals surface area (Å²) in [5, 5.41) is 0. The molecule has 0 heterocycles. The van der Waals surface area contributed by atoms with Crippen LogP contribution in [0.3, 0.4) is 0 Å². The van der Waals surface area contributed by atoms with Crippen molar-refractivity contribution in [3.8, 4) is 0 Å². The molecule has 0 aliphatic heterocycles. The summed E-state index contributed by atoms with van der Waals surface area (Å²) >= 11 is 4.11. The Kier molecular flexibility index (Phi) is 6.95. The lowest BCUT2D eigenvalue weighted by Crippen LogP contribution is -2.33. The van der Waals surface area contributed by atoms with Crippen LogP contribution >= 0.6 is 11.6 Å². The molecule has 0 atom stereocenters. The van der Waals surface area contributed by atoms with Crippen molar-refractivity contribution in [1.82, 2.24) is 0 Å². The molecule has 0 aliphatic carbocycles. The molecule has 0 bridgehead atoms. The van der Waals surface area contributed by atoms with Gasteiger partial charge in [0.05, 0.1) is 8.95 Å². The van der Waals surface area contributed by atoms with E-state index in [1.165, 1.54) is 8.95 Å². The van der Waals surface area contributed by atoms with Gasteiger partial charge in [-0.05, 0) is 0 Å². The molecule has 4 N–H and O–H groups in total. The first kappa shape index (κ1) is 10.5. The van der Waals surface area contributed by atoms with Crippen LogP contribution in [0, 0.1) is 0 Å². The van der Waals surface area contributed by atoms with E-state index in [1.54, 1.807) is 0 Å². The van der Waals surface area contributed by atoms with Gasteiger partial charge in [-0.2, -0.15) is 0 Å². The summed E-state index contributed by atoms with van der Waals surface area (Å²) in [5.74, 6) is 0. The Hall–Kier alpha value is 0.494. The lowest BCUT2D eigenvalue weighted by molar-refractivity contribution is 0.117. The number of hydrogen-bond donors (Lipinski definition) is 4. The smallest absolute Gasteiger partial charge is 0.368 e. The molecule has 0 fully saturated rings. The summed E-state index contributed by atoms with van der Waals surface area (Å²) < 4.78 is 0. The van der Waals surface area contributed by atoms with Gasteiger partial charge < -0.3 is 19.2 Å². The Morgan fingerprint density at radius 2 is 1.00 bits per heavy atom. The Bertz CT molecular complexity index is 33.4. The second-order valence-corrected chi connectivity index (χ2v) is 1.80. The van der Waals surface area contributed by atoms with E-state index in [-0.39, 0.29) is 0 Å². The van der Waals surface area contributed by atoms with Crippen molar-refractivity contribution in [2.24, 2.45) is 0 Å². The molecular weight excluding hydrogens is 152 g/mol. The molecule has 0 unspecified atom stereocenters. The van der Waals surface area contributed by atoms with Crippen LogP contribution in [-0.4, -0.2) is 37.2 Å². The first-order valence-electron chi connectivity index (χ1n) is 1.18. The van der Waals surface area contributed by atoms with E-state index in [2.05, 4.69) is 11.6 Å². The number of hydrogen-bond acceptors (Lipinski definition) is 5. The monoisotopic (exact) mass is 158 g/mol. The summed E-state index contributed by atoms with van der Waals surface area (Å²) in [5.41, 5.74) is 0. The Morgan fingerprint density at radius 1 is 1.00 bits per heavy atom. The summed E-state index contributed by atoms with van der Waals surface area (Å²) in [4.78, 5) is 29.3. The highest BCUT2D eigenvalue weighted by Gasteiger charge is 2.22. The van der Waals surface area contributed by atoms with Gasteiger partial charge in [0.2, 0.25) is 0 Å². The van der Waals surface area contributed by atoms with E-state index in [1.807, 2.05) is 0 Å². The topological polar surface area (TPSA) is 80.9 Å². The Labute approximate surface area is 49.5 Å². The van der Waals surface area contributed by atoms with Crippen LogP contribution in [-0.2, 0) is 0 Å². The average Bonchev–Trinajstić information content (AvgIpc) is 1.36. The van der Waals surface area contributed by atoms with Crippen LogP contribution in [0.15, 0.2) is 0 Å². The second-order valence-electron chi connectivity index (χ2n) is 0.600. The maximum Gasteiger partial charge on any atom is 0.668 e. The molecule has 0 rings (SSSR count). The molecule has 0 saturated heterocycles. The highest BCUT2D eigenvalue weighted by Crippen LogP contribution is 1.67. The van der Waals surface area contributed by atoms with Gasteiger partial charge in [0.15, 0.2) is 0 Å². The molecule has 7 heavy (non-hydrogen) atoms. The minimum atomic E-state index is -4.61. The second kappa shape index (κ2) is 4.65. The van der Waals surface area contributed by atoms with Gasteiger partial charge in [-0.1, -0.05) is 0 Å². The highest BCUT2D eigenvalue weighted by molar-refractivity contribution is 7.83. The van der Waals surface area contributed by atoms with Crippen molar-refractivity contribution in [2.75, 3.05) is 0 Å². The van der Waals surface area contributed by atoms with Crippen LogP contribution in [0.1, 0.15) is 0 Å². The van der Waals surface area contributed by atoms with Crippen molar-refractivity contribution in [1.29, 1.82) is 0 Å². The predicted octanol–water partition coefficient (Wildman–Crippen LogP) is -2.88. The van der Waals surface area contributed by atoms with Crippen molar-refractivity contribution in [3.05, 3.63) is 0 Å². The molecule has 0 aromatic carbocycles. The maximum atomic E-state index is 7.33. The summed E-state index contributed by atoms with van der Waals surface area (Å²) in [6.45, 7) is 0. The molecule has 4 nitrogen and oxygen atoms in total. The zero-order valence-corrected chi connectivity index (χ0v) is 6.63. The molecule has 0 aliphatic rings. The van der Waals surface area contributed by atoms with Gasteiger partial charge in [-0.3, -0.25) is 0 Å². The van der Waals surface area contributed by atoms with E-state index < -0.39 is 9.05 Å². The predicted molar refractivity (Wildman–Crippen MR) is 30.8 cm³/mol. The van der Waals surface area contributed by atoms with Crippen LogP contribution in [0.5, 0.6) is 0 Å². The molecule has 0 aromatic heterocycles. The quantitative estimate of drug-likeness (QED) is 0.285. The van der Waals surface area contributed by atoms with Crippen molar-refractivity contribution < 1.29 is 19.2 Å². The summed E-state index contributed by atoms with van der Waals surface area (Å²) in [6.07, 6.45) is 0. The van der Waals surface area contributed by atoms with Gasteiger partial charge in [0, 0.05) is 0 Å². The van der Waals surface area contributed by atoms with Crippen molar-refractivity contribution >= 4 is 29.6 Å². The van der Waals surface area contributed by atoms with E-state index in [0.29, 0.717) is 0 Å². The largest absolute Gasteiger partial charge is 0.668 e. The lowest BCUT2D eigenvalue weighted by Gasteiger charge is -1.91. The van der Waals surface area contributed by atoms with E-state index in [4.69, 9.17) is 19.2 Å². The first-order valence-corrected chi connectivity index (χ1v) is 5.28. The Morgan fingerprint density at radius 3 is 1.00 bits per heavy atom. The maximum absolute atomic E-state index is 7.33. The summed E-state index contributed by atoms with van der Waals surface area (Å²) in [6, 6.07) is 0. The highest BCUT2D eigenvalue weighted by atomic mass is 32.2. The van der Waals surface area contributed by atoms with Gasteiger partial charge in [-0.15, -0.1) is 11.6 Å². The summed E-state index contributed by atoms with van der Waals surface area (Å²) in [7, 11) is -3.17. The van der Waals surface area contributed by atoms with Crippen LogP contribution in [0.25, 0.3) is 0 Å². The molecule has 0 spiro atoms. The van der Waals surface area contributed by atoms with Gasteiger partial charge in [0.1, 0.15) is 0 Å². The third kappa shape index (κ3) is 538. The number of rotatable bonds is 0. The molecule has 0 amide bonds. The fraction of sp³-hybridized carbons (Fsp3) is 0. The molecule has 0 aromatic rings. The van der Waals surface area contributed by atoms with E-state index in [0.717, 1.165) is 0 Å². The van der Waals surface area contributed by atoms with Gasteiger partial charge in [0.25, 0.3) is 0 Å². The molecule has 7 heteroatoms. The third-order valence-electron chi connectivity index (χ3n) is 0. The fourth-order valence-electron chi connectivity index (χ4n) is 0. The molecule has 44 valence electrons. The first-order chi connectivity index (χ1) is 3.00. The third-order valence-corrected chi connectivity index (χ3v) is 0. The zero-order valence-electron chi connectivity index (χ0n) is 3.40. The van der Waals surface area contributed by atoms with Gasteiger partial charge >= 0.3 is 9.05 Å².